The summed E-state index contributed by atoms with van der Waals surface area (Å²) in [5.74, 6) is -1.54. The Hall–Kier alpha value is -3.20. The number of fused-ring (bicyclic) bond motifs is 1. The van der Waals surface area contributed by atoms with Gasteiger partial charge < -0.3 is 15.4 Å². The van der Waals surface area contributed by atoms with Crippen molar-refractivity contribution in [2.75, 3.05) is 19.0 Å². The van der Waals surface area contributed by atoms with Gasteiger partial charge in [-0.25, -0.2) is 9.59 Å². The number of carbonyl (C=O) groups excluding carboxylic acids is 4. The molecule has 1 atom stereocenters. The Morgan fingerprint density at radius 2 is 1.88 bits per heavy atom. The van der Waals surface area contributed by atoms with Gasteiger partial charge in [0.05, 0.1) is 12.7 Å². The maximum atomic E-state index is 13.0. The number of nitrogens with zero attached hydrogens (tertiary/aromatic N) is 1. The quantitative estimate of drug-likeness (QED) is 0.409. The number of esters is 1. The smallest absolute Gasteiger partial charge is 0.341 e. The topological polar surface area (TPSA) is 105 Å². The van der Waals surface area contributed by atoms with Crippen molar-refractivity contribution in [3.05, 3.63) is 51.9 Å². The molecule has 8 nitrogen and oxygen atoms in total. The molecule has 1 aliphatic heterocycles. The molecule has 2 aromatic rings. The van der Waals surface area contributed by atoms with Gasteiger partial charge in [0.2, 0.25) is 5.91 Å². The van der Waals surface area contributed by atoms with Gasteiger partial charge in [-0.3, -0.25) is 14.5 Å². The second-order valence-corrected chi connectivity index (χ2v) is 9.23. The molecule has 0 bridgehead atoms. The number of aryl methyl sites for hydroxylation is 1. The molecule has 0 spiro atoms. The van der Waals surface area contributed by atoms with E-state index in [-0.39, 0.29) is 0 Å². The van der Waals surface area contributed by atoms with Crippen LogP contribution >= 0.6 is 11.3 Å². The summed E-state index contributed by atoms with van der Waals surface area (Å²) >= 11 is 1.37. The van der Waals surface area contributed by atoms with Crippen molar-refractivity contribution >= 4 is 40.2 Å². The monoisotopic (exact) mass is 455 g/mol. The molecule has 4 amide bonds. The lowest BCUT2D eigenvalue weighted by atomic mass is 9.92. The molecule has 2 heterocycles. The SMILES string of the molecule is COC(=O)c1c(NC(=O)CN2C(=O)NC(C)(c3ccccc3)C2=O)sc2c1CCCCC2. The molecular formula is C23H25N3O5S. The zero-order chi connectivity index (χ0) is 22.9. The highest BCUT2D eigenvalue weighted by molar-refractivity contribution is 7.17. The molecule has 1 saturated heterocycles. The molecule has 1 fully saturated rings. The summed E-state index contributed by atoms with van der Waals surface area (Å²) in [5.41, 5.74) is 0.711. The first-order valence-corrected chi connectivity index (χ1v) is 11.4. The van der Waals surface area contributed by atoms with Gasteiger partial charge in [0.25, 0.3) is 5.91 Å². The van der Waals surface area contributed by atoms with Gasteiger partial charge in [0.1, 0.15) is 17.1 Å². The van der Waals surface area contributed by atoms with E-state index in [0.717, 1.165) is 47.4 Å². The number of imide groups is 1. The van der Waals surface area contributed by atoms with Gasteiger partial charge in [-0.05, 0) is 43.7 Å². The largest absolute Gasteiger partial charge is 0.465 e. The van der Waals surface area contributed by atoms with E-state index in [1.165, 1.54) is 18.4 Å². The maximum absolute atomic E-state index is 13.0. The standard InChI is InChI=1S/C23H25N3O5S/c1-23(14-9-5-3-6-10-14)21(29)26(22(30)25-23)13-17(27)24-19-18(20(28)31-2)15-11-7-4-8-12-16(15)32-19/h3,5-6,9-10H,4,7-8,11-13H2,1-2H3,(H,24,27)(H,25,30). The van der Waals surface area contributed by atoms with Crippen molar-refractivity contribution in [1.29, 1.82) is 0 Å². The first kappa shape index (κ1) is 22.0. The van der Waals surface area contributed by atoms with Crippen LogP contribution in [0.15, 0.2) is 30.3 Å². The van der Waals surface area contributed by atoms with Crippen molar-refractivity contribution < 1.29 is 23.9 Å². The number of benzene rings is 1. The van der Waals surface area contributed by atoms with Crippen molar-refractivity contribution in [3.8, 4) is 0 Å². The van der Waals surface area contributed by atoms with Crippen molar-refractivity contribution in [2.45, 2.75) is 44.6 Å². The number of urea groups is 1. The lowest BCUT2D eigenvalue weighted by Gasteiger charge is -2.22. The van der Waals surface area contributed by atoms with Gasteiger partial charge in [-0.15, -0.1) is 11.3 Å². The lowest BCUT2D eigenvalue weighted by molar-refractivity contribution is -0.133. The van der Waals surface area contributed by atoms with Gasteiger partial charge in [-0.1, -0.05) is 36.8 Å². The highest BCUT2D eigenvalue weighted by atomic mass is 32.1. The summed E-state index contributed by atoms with van der Waals surface area (Å²) in [6.07, 6.45) is 4.70. The Morgan fingerprint density at radius 1 is 1.16 bits per heavy atom. The minimum Gasteiger partial charge on any atom is -0.465 e. The second kappa shape index (κ2) is 8.74. The average molecular weight is 456 g/mol. The number of nitrogens with one attached hydrogen (secondary N) is 2. The Kier molecular flexibility index (Phi) is 6.01. The Morgan fingerprint density at radius 3 is 2.59 bits per heavy atom. The fourth-order valence-electron chi connectivity index (χ4n) is 4.27. The van der Waals surface area contributed by atoms with E-state index in [0.29, 0.717) is 16.1 Å². The molecule has 2 N–H and O–H groups in total. The molecular weight excluding hydrogens is 430 g/mol. The number of amides is 4. The number of ether oxygens (including phenoxy) is 1. The van der Waals surface area contributed by atoms with Crippen LogP contribution in [0.5, 0.6) is 0 Å². The number of methoxy groups -OCH3 is 1. The predicted molar refractivity (Wildman–Crippen MR) is 120 cm³/mol. The van der Waals surface area contributed by atoms with Crippen LogP contribution in [0, 0.1) is 0 Å². The molecule has 168 valence electrons. The van der Waals surface area contributed by atoms with Crippen LogP contribution in [0.4, 0.5) is 9.80 Å². The van der Waals surface area contributed by atoms with E-state index in [1.807, 2.05) is 6.07 Å². The number of carbonyl (C=O) groups is 4. The third kappa shape index (κ3) is 3.88. The van der Waals surface area contributed by atoms with Crippen LogP contribution in [0.2, 0.25) is 0 Å². The fraction of sp³-hybridized carbons (Fsp3) is 0.391. The highest BCUT2D eigenvalue weighted by Crippen LogP contribution is 2.38. The van der Waals surface area contributed by atoms with E-state index in [2.05, 4.69) is 10.6 Å². The Balaban J connectivity index is 1.54. The number of anilines is 1. The first-order chi connectivity index (χ1) is 15.3. The number of hydrogen-bond acceptors (Lipinski definition) is 6. The van der Waals surface area contributed by atoms with Crippen molar-refractivity contribution in [3.63, 3.8) is 0 Å². The zero-order valence-electron chi connectivity index (χ0n) is 18.0. The molecule has 1 aromatic heterocycles. The number of hydrogen-bond donors (Lipinski definition) is 2. The molecule has 2 aliphatic rings. The van der Waals surface area contributed by atoms with Gasteiger partial charge in [0, 0.05) is 4.88 Å². The normalized spacial score (nSPS) is 20.4. The van der Waals surface area contributed by atoms with Crippen molar-refractivity contribution in [1.82, 2.24) is 10.2 Å². The van der Waals surface area contributed by atoms with E-state index >= 15 is 0 Å². The fourth-order valence-corrected chi connectivity index (χ4v) is 5.56. The number of rotatable bonds is 5. The Bertz CT molecular complexity index is 1080. The summed E-state index contributed by atoms with van der Waals surface area (Å²) in [6.45, 7) is 1.17. The van der Waals surface area contributed by atoms with Gasteiger partial charge >= 0.3 is 12.0 Å². The lowest BCUT2D eigenvalue weighted by Crippen LogP contribution is -2.42. The molecule has 9 heteroatoms. The minimum absolute atomic E-state index is 0.383. The predicted octanol–water partition coefficient (Wildman–Crippen LogP) is 3.21. The first-order valence-electron chi connectivity index (χ1n) is 10.6. The molecule has 0 saturated carbocycles. The molecule has 1 unspecified atom stereocenters. The molecule has 0 radical (unpaired) electrons. The summed E-state index contributed by atoms with van der Waals surface area (Å²) in [6, 6.07) is 8.26. The van der Waals surface area contributed by atoms with Crippen LogP contribution < -0.4 is 10.6 Å². The zero-order valence-corrected chi connectivity index (χ0v) is 18.8. The molecule has 4 rings (SSSR count). The third-order valence-corrected chi connectivity index (χ3v) is 7.20. The molecule has 1 aromatic carbocycles. The minimum atomic E-state index is -1.24. The third-order valence-electron chi connectivity index (χ3n) is 5.99. The Labute approximate surface area is 189 Å². The van der Waals surface area contributed by atoms with E-state index in [9.17, 15) is 19.2 Å². The summed E-state index contributed by atoms with van der Waals surface area (Å²) in [7, 11) is 1.31. The van der Waals surface area contributed by atoms with Crippen LogP contribution in [0.1, 0.15) is 52.5 Å². The summed E-state index contributed by atoms with van der Waals surface area (Å²) < 4.78 is 4.96. The van der Waals surface area contributed by atoms with E-state index in [4.69, 9.17) is 4.74 Å². The van der Waals surface area contributed by atoms with Crippen molar-refractivity contribution in [2.24, 2.45) is 0 Å². The average Bonchev–Trinajstić information content (AvgIpc) is 3.10. The summed E-state index contributed by atoms with van der Waals surface area (Å²) in [5, 5.41) is 5.84. The van der Waals surface area contributed by atoms with E-state index in [1.54, 1.807) is 31.2 Å². The van der Waals surface area contributed by atoms with Crippen LogP contribution in [-0.4, -0.2) is 42.4 Å². The molecule has 1 aliphatic carbocycles. The second-order valence-electron chi connectivity index (χ2n) is 8.12. The molecule has 32 heavy (non-hydrogen) atoms. The van der Waals surface area contributed by atoms with Crippen LogP contribution in [0.25, 0.3) is 0 Å². The van der Waals surface area contributed by atoms with Gasteiger partial charge in [-0.2, -0.15) is 0 Å². The highest BCUT2D eigenvalue weighted by Gasteiger charge is 2.49. The maximum Gasteiger partial charge on any atom is 0.341 e. The van der Waals surface area contributed by atoms with Crippen LogP contribution in [0.3, 0.4) is 0 Å². The summed E-state index contributed by atoms with van der Waals surface area (Å²) in [4.78, 5) is 52.8. The van der Waals surface area contributed by atoms with Gasteiger partial charge in [0.15, 0.2) is 0 Å². The van der Waals surface area contributed by atoms with Crippen LogP contribution in [-0.2, 0) is 32.7 Å². The number of thiophene rings is 1. The van der Waals surface area contributed by atoms with E-state index < -0.39 is 35.9 Å².